The number of hydrogen-bond donors (Lipinski definition) is 1. The molecule has 1 aliphatic carbocycles. The van der Waals surface area contributed by atoms with Crippen molar-refractivity contribution in [2.24, 2.45) is 13.0 Å². The Morgan fingerprint density at radius 2 is 2.16 bits per heavy atom. The molecule has 3 nitrogen and oxygen atoms in total. The van der Waals surface area contributed by atoms with Crippen LogP contribution in [0, 0.1) is 5.92 Å². The summed E-state index contributed by atoms with van der Waals surface area (Å²) in [7, 11) is 2.00. The Labute approximate surface area is 113 Å². The molecule has 0 radical (unpaired) electrons. The molecule has 1 aromatic heterocycles. The minimum atomic E-state index is -0.207. The Morgan fingerprint density at radius 3 is 2.84 bits per heavy atom. The largest absolute Gasteiger partial charge is 0.393 e. The lowest BCUT2D eigenvalue weighted by molar-refractivity contribution is 0.138. The summed E-state index contributed by atoms with van der Waals surface area (Å²) in [6.07, 6.45) is 6.33. The lowest BCUT2D eigenvalue weighted by Crippen LogP contribution is -2.13. The molecule has 3 heteroatoms. The zero-order valence-corrected chi connectivity index (χ0v) is 11.2. The van der Waals surface area contributed by atoms with Gasteiger partial charge in [-0.1, -0.05) is 30.3 Å². The van der Waals surface area contributed by atoms with Crippen LogP contribution in [0.15, 0.2) is 42.7 Å². The van der Waals surface area contributed by atoms with Crippen molar-refractivity contribution >= 4 is 0 Å². The molecule has 1 saturated carbocycles. The fourth-order valence-electron chi connectivity index (χ4n) is 2.85. The van der Waals surface area contributed by atoms with Crippen molar-refractivity contribution in [2.45, 2.75) is 31.3 Å². The van der Waals surface area contributed by atoms with Gasteiger partial charge in [0.05, 0.1) is 6.10 Å². The Balaban J connectivity index is 1.53. The highest BCUT2D eigenvalue weighted by Gasteiger charge is 2.42. The monoisotopic (exact) mass is 256 g/mol. The molecule has 0 saturated heterocycles. The van der Waals surface area contributed by atoms with Gasteiger partial charge in [-0.05, 0) is 30.2 Å². The molecule has 1 heterocycles. The molecule has 100 valence electrons. The molecule has 0 spiro atoms. The number of benzene rings is 1. The minimum absolute atomic E-state index is 0.207. The van der Waals surface area contributed by atoms with Crippen LogP contribution in [0.25, 0.3) is 0 Å². The van der Waals surface area contributed by atoms with Crippen LogP contribution >= 0.6 is 0 Å². The number of aliphatic hydroxyl groups excluding tert-OH is 1. The number of aliphatic hydroxyl groups is 1. The third-order valence-corrected chi connectivity index (χ3v) is 4.15. The maximum atomic E-state index is 10.3. The lowest BCUT2D eigenvalue weighted by Gasteiger charge is -2.10. The van der Waals surface area contributed by atoms with Crippen LogP contribution in [0.4, 0.5) is 0 Å². The van der Waals surface area contributed by atoms with Crippen LogP contribution in [0.3, 0.4) is 0 Å². The van der Waals surface area contributed by atoms with Crippen molar-refractivity contribution in [2.75, 3.05) is 0 Å². The van der Waals surface area contributed by atoms with E-state index in [9.17, 15) is 5.11 Å². The number of rotatable bonds is 5. The number of aryl methyl sites for hydroxylation is 2. The summed E-state index contributed by atoms with van der Waals surface area (Å²) in [6.45, 7) is 0. The van der Waals surface area contributed by atoms with E-state index in [1.54, 1.807) is 0 Å². The predicted molar refractivity (Wildman–Crippen MR) is 74.8 cm³/mol. The van der Waals surface area contributed by atoms with Crippen molar-refractivity contribution < 1.29 is 5.11 Å². The Hall–Kier alpha value is -1.61. The van der Waals surface area contributed by atoms with Gasteiger partial charge < -0.3 is 9.67 Å². The summed E-state index contributed by atoms with van der Waals surface area (Å²) in [4.78, 5) is 4.30. The van der Waals surface area contributed by atoms with Gasteiger partial charge >= 0.3 is 0 Å². The van der Waals surface area contributed by atoms with E-state index in [0.29, 0.717) is 11.8 Å². The van der Waals surface area contributed by atoms with E-state index in [1.165, 1.54) is 5.56 Å². The summed E-state index contributed by atoms with van der Waals surface area (Å²) in [6, 6.07) is 10.5. The predicted octanol–water partition coefficient (Wildman–Crippen LogP) is 2.52. The van der Waals surface area contributed by atoms with E-state index >= 15 is 0 Å². The van der Waals surface area contributed by atoms with Gasteiger partial charge in [-0.15, -0.1) is 0 Å². The van der Waals surface area contributed by atoms with Crippen LogP contribution < -0.4 is 0 Å². The van der Waals surface area contributed by atoms with Gasteiger partial charge in [-0.3, -0.25) is 0 Å². The van der Waals surface area contributed by atoms with Crippen LogP contribution in [0.1, 0.15) is 30.1 Å². The molecule has 0 aliphatic heterocycles. The minimum Gasteiger partial charge on any atom is -0.393 e. The Morgan fingerprint density at radius 1 is 1.37 bits per heavy atom. The third kappa shape index (κ3) is 2.71. The van der Waals surface area contributed by atoms with Crippen LogP contribution in [-0.2, 0) is 13.5 Å². The second-order valence-corrected chi connectivity index (χ2v) is 5.48. The van der Waals surface area contributed by atoms with Crippen molar-refractivity contribution in [3.63, 3.8) is 0 Å². The van der Waals surface area contributed by atoms with Crippen molar-refractivity contribution in [1.82, 2.24) is 9.55 Å². The third-order valence-electron chi connectivity index (χ3n) is 4.15. The zero-order valence-electron chi connectivity index (χ0n) is 11.2. The van der Waals surface area contributed by atoms with Gasteiger partial charge in [-0.2, -0.15) is 0 Å². The molecular weight excluding hydrogens is 236 g/mol. The number of imidazole rings is 1. The molecular formula is C16H20N2O. The quantitative estimate of drug-likeness (QED) is 0.892. The van der Waals surface area contributed by atoms with Gasteiger partial charge in [0.1, 0.15) is 5.82 Å². The van der Waals surface area contributed by atoms with Crippen LogP contribution in [0.5, 0.6) is 0 Å². The molecule has 19 heavy (non-hydrogen) atoms. The fraction of sp³-hybridized carbons (Fsp3) is 0.438. The normalized spacial score (nSPS) is 23.3. The molecule has 3 atom stereocenters. The number of aromatic nitrogens is 2. The standard InChI is InChI=1S/C16H20N2O/c1-18-10-9-17-16(18)8-7-15(19)14-11-13(14)12-5-3-2-4-6-12/h2-6,9-10,13-15,19H,7-8,11H2,1H3. The van der Waals surface area contributed by atoms with Crippen LogP contribution in [0.2, 0.25) is 0 Å². The van der Waals surface area contributed by atoms with E-state index in [0.717, 1.165) is 25.1 Å². The molecule has 1 N–H and O–H groups in total. The number of hydrogen-bond acceptors (Lipinski definition) is 2. The van der Waals surface area contributed by atoms with Crippen molar-refractivity contribution in [3.05, 3.63) is 54.1 Å². The fourth-order valence-corrected chi connectivity index (χ4v) is 2.85. The first-order valence-corrected chi connectivity index (χ1v) is 6.95. The molecule has 3 rings (SSSR count). The summed E-state index contributed by atoms with van der Waals surface area (Å²) in [5.74, 6) is 2.04. The smallest absolute Gasteiger partial charge is 0.108 e. The zero-order chi connectivity index (χ0) is 13.2. The second kappa shape index (κ2) is 5.17. The second-order valence-electron chi connectivity index (χ2n) is 5.48. The topological polar surface area (TPSA) is 38.0 Å². The molecule has 0 amide bonds. The average Bonchev–Trinajstić information content (AvgIpc) is 3.14. The SMILES string of the molecule is Cn1ccnc1CCC(O)C1CC1c1ccccc1. The highest BCUT2D eigenvalue weighted by atomic mass is 16.3. The van der Waals surface area contributed by atoms with E-state index in [2.05, 4.69) is 29.2 Å². The summed E-state index contributed by atoms with van der Waals surface area (Å²) in [5.41, 5.74) is 1.36. The van der Waals surface area contributed by atoms with Crippen molar-refractivity contribution in [1.29, 1.82) is 0 Å². The Kier molecular flexibility index (Phi) is 3.38. The highest BCUT2D eigenvalue weighted by Crippen LogP contribution is 2.50. The molecule has 1 fully saturated rings. The highest BCUT2D eigenvalue weighted by molar-refractivity contribution is 5.26. The van der Waals surface area contributed by atoms with Gasteiger partial charge in [0.15, 0.2) is 0 Å². The first-order valence-electron chi connectivity index (χ1n) is 6.95. The summed E-state index contributed by atoms with van der Waals surface area (Å²) >= 11 is 0. The number of nitrogens with zero attached hydrogens (tertiary/aromatic N) is 2. The van der Waals surface area contributed by atoms with E-state index in [1.807, 2.05) is 30.1 Å². The van der Waals surface area contributed by atoms with Gasteiger partial charge in [0, 0.05) is 25.9 Å². The molecule has 0 bridgehead atoms. The molecule has 3 unspecified atom stereocenters. The maximum Gasteiger partial charge on any atom is 0.108 e. The molecule has 1 aliphatic rings. The summed E-state index contributed by atoms with van der Waals surface area (Å²) in [5, 5.41) is 10.3. The summed E-state index contributed by atoms with van der Waals surface area (Å²) < 4.78 is 2.02. The average molecular weight is 256 g/mol. The van der Waals surface area contributed by atoms with Gasteiger partial charge in [0.25, 0.3) is 0 Å². The van der Waals surface area contributed by atoms with Gasteiger partial charge in [-0.25, -0.2) is 4.98 Å². The lowest BCUT2D eigenvalue weighted by atomic mass is 10.0. The van der Waals surface area contributed by atoms with E-state index < -0.39 is 0 Å². The van der Waals surface area contributed by atoms with E-state index in [-0.39, 0.29) is 6.10 Å². The first-order chi connectivity index (χ1) is 9.25. The molecule has 1 aromatic carbocycles. The van der Waals surface area contributed by atoms with Crippen molar-refractivity contribution in [3.8, 4) is 0 Å². The first kappa shape index (κ1) is 12.4. The molecule has 2 aromatic rings. The van der Waals surface area contributed by atoms with Gasteiger partial charge in [0.2, 0.25) is 0 Å². The Bertz CT molecular complexity index is 535. The van der Waals surface area contributed by atoms with Crippen LogP contribution in [-0.4, -0.2) is 20.8 Å². The van der Waals surface area contributed by atoms with E-state index in [4.69, 9.17) is 0 Å². The maximum absolute atomic E-state index is 10.3.